The van der Waals surface area contributed by atoms with Crippen molar-refractivity contribution in [3.63, 3.8) is 0 Å². The topological polar surface area (TPSA) is 49.3 Å². The molecule has 2 aromatic rings. The minimum Gasteiger partial charge on any atom is -0.396 e. The summed E-state index contributed by atoms with van der Waals surface area (Å²) in [5, 5.41) is 14.3. The molecule has 1 amide bonds. The van der Waals surface area contributed by atoms with Crippen molar-refractivity contribution in [2.75, 3.05) is 13.2 Å². The van der Waals surface area contributed by atoms with Crippen molar-refractivity contribution in [1.29, 1.82) is 0 Å². The van der Waals surface area contributed by atoms with E-state index < -0.39 is 0 Å². The second-order valence-corrected chi connectivity index (χ2v) is 4.39. The minimum atomic E-state index is -0.0640. The van der Waals surface area contributed by atoms with E-state index in [2.05, 4.69) is 5.32 Å². The number of aliphatic hydroxyl groups excluding tert-OH is 1. The van der Waals surface area contributed by atoms with Crippen LogP contribution in [0.15, 0.2) is 29.6 Å². The molecule has 4 heteroatoms. The molecular weight excluding hydrogens is 222 g/mol. The highest BCUT2D eigenvalue weighted by molar-refractivity contribution is 7.17. The van der Waals surface area contributed by atoms with Gasteiger partial charge >= 0.3 is 0 Å². The van der Waals surface area contributed by atoms with Crippen molar-refractivity contribution in [2.45, 2.75) is 6.42 Å². The van der Waals surface area contributed by atoms with E-state index in [-0.39, 0.29) is 12.5 Å². The Morgan fingerprint density at radius 3 is 3.00 bits per heavy atom. The van der Waals surface area contributed by atoms with Crippen LogP contribution in [0.25, 0.3) is 10.1 Å². The maximum Gasteiger partial charge on any atom is 0.252 e. The summed E-state index contributed by atoms with van der Waals surface area (Å²) in [6, 6.07) is 7.85. The molecule has 1 aromatic heterocycles. The summed E-state index contributed by atoms with van der Waals surface area (Å²) in [6.07, 6.45) is 0.591. The van der Waals surface area contributed by atoms with E-state index in [4.69, 9.17) is 5.11 Å². The zero-order valence-electron chi connectivity index (χ0n) is 8.77. The number of carbonyl (C=O) groups excluding carboxylic acids is 1. The van der Waals surface area contributed by atoms with Crippen LogP contribution in [0.5, 0.6) is 0 Å². The first-order valence-electron chi connectivity index (χ1n) is 5.18. The number of hydrogen-bond acceptors (Lipinski definition) is 3. The van der Waals surface area contributed by atoms with Gasteiger partial charge in [-0.3, -0.25) is 4.79 Å². The Kier molecular flexibility index (Phi) is 3.54. The summed E-state index contributed by atoms with van der Waals surface area (Å²) >= 11 is 1.57. The molecule has 0 saturated heterocycles. The van der Waals surface area contributed by atoms with Gasteiger partial charge in [-0.15, -0.1) is 11.3 Å². The van der Waals surface area contributed by atoms with E-state index in [1.165, 1.54) is 0 Å². The summed E-state index contributed by atoms with van der Waals surface area (Å²) in [7, 11) is 0. The SMILES string of the molecule is O=C(NCCCO)c1csc2ccccc12. The molecule has 0 aliphatic heterocycles. The maximum absolute atomic E-state index is 11.8. The lowest BCUT2D eigenvalue weighted by atomic mass is 10.1. The van der Waals surface area contributed by atoms with Crippen molar-refractivity contribution >= 4 is 27.3 Å². The smallest absolute Gasteiger partial charge is 0.252 e. The number of benzene rings is 1. The van der Waals surface area contributed by atoms with Crippen molar-refractivity contribution in [2.24, 2.45) is 0 Å². The zero-order valence-corrected chi connectivity index (χ0v) is 9.59. The number of aliphatic hydroxyl groups is 1. The predicted molar refractivity (Wildman–Crippen MR) is 65.9 cm³/mol. The average Bonchev–Trinajstić information content (AvgIpc) is 2.73. The number of thiophene rings is 1. The maximum atomic E-state index is 11.8. The fourth-order valence-corrected chi connectivity index (χ4v) is 2.47. The van der Waals surface area contributed by atoms with Crippen LogP contribution in [-0.2, 0) is 0 Å². The van der Waals surface area contributed by atoms with Gasteiger partial charge in [0.2, 0.25) is 0 Å². The summed E-state index contributed by atoms with van der Waals surface area (Å²) in [4.78, 5) is 11.8. The first-order chi connectivity index (χ1) is 7.83. The third-order valence-electron chi connectivity index (χ3n) is 2.35. The van der Waals surface area contributed by atoms with Crippen LogP contribution >= 0.6 is 11.3 Å². The molecule has 0 aliphatic rings. The molecule has 1 aromatic carbocycles. The third-order valence-corrected chi connectivity index (χ3v) is 3.31. The monoisotopic (exact) mass is 235 g/mol. The number of fused-ring (bicyclic) bond motifs is 1. The largest absolute Gasteiger partial charge is 0.396 e. The molecule has 3 nitrogen and oxygen atoms in total. The van der Waals surface area contributed by atoms with E-state index in [1.54, 1.807) is 11.3 Å². The highest BCUT2D eigenvalue weighted by atomic mass is 32.1. The highest BCUT2D eigenvalue weighted by Crippen LogP contribution is 2.25. The van der Waals surface area contributed by atoms with Gasteiger partial charge < -0.3 is 10.4 Å². The van der Waals surface area contributed by atoms with E-state index in [0.717, 1.165) is 15.6 Å². The first kappa shape index (κ1) is 11.1. The Labute approximate surface area is 97.7 Å². The molecule has 0 radical (unpaired) electrons. The third kappa shape index (κ3) is 2.23. The van der Waals surface area contributed by atoms with Crippen molar-refractivity contribution in [3.05, 3.63) is 35.2 Å². The molecule has 0 bridgehead atoms. The number of carbonyl (C=O) groups is 1. The van der Waals surface area contributed by atoms with E-state index in [9.17, 15) is 4.79 Å². The van der Waals surface area contributed by atoms with Crippen LogP contribution in [0.2, 0.25) is 0 Å². The Hall–Kier alpha value is -1.39. The van der Waals surface area contributed by atoms with Gasteiger partial charge in [-0.05, 0) is 12.5 Å². The summed E-state index contributed by atoms with van der Waals surface area (Å²) in [5.74, 6) is -0.0640. The number of nitrogens with one attached hydrogen (secondary N) is 1. The lowest BCUT2D eigenvalue weighted by Gasteiger charge is -2.02. The average molecular weight is 235 g/mol. The predicted octanol–water partition coefficient (Wildman–Crippen LogP) is 2.01. The van der Waals surface area contributed by atoms with Gasteiger partial charge in [-0.25, -0.2) is 0 Å². The second-order valence-electron chi connectivity index (χ2n) is 3.48. The van der Waals surface area contributed by atoms with Crippen LogP contribution in [0, 0.1) is 0 Å². The normalized spacial score (nSPS) is 10.6. The Morgan fingerprint density at radius 2 is 2.19 bits per heavy atom. The summed E-state index contributed by atoms with van der Waals surface area (Å²) in [5.41, 5.74) is 0.721. The molecule has 0 fully saturated rings. The molecule has 2 rings (SSSR count). The van der Waals surface area contributed by atoms with E-state index >= 15 is 0 Å². The van der Waals surface area contributed by atoms with Crippen LogP contribution < -0.4 is 5.32 Å². The van der Waals surface area contributed by atoms with Crippen molar-refractivity contribution < 1.29 is 9.90 Å². The molecule has 16 heavy (non-hydrogen) atoms. The van der Waals surface area contributed by atoms with Gasteiger partial charge in [-0.2, -0.15) is 0 Å². The van der Waals surface area contributed by atoms with Gasteiger partial charge in [0.1, 0.15) is 0 Å². The molecule has 84 valence electrons. The lowest BCUT2D eigenvalue weighted by Crippen LogP contribution is -2.24. The lowest BCUT2D eigenvalue weighted by molar-refractivity contribution is 0.0953. The minimum absolute atomic E-state index is 0.0640. The molecule has 0 spiro atoms. The number of hydrogen-bond donors (Lipinski definition) is 2. The van der Waals surface area contributed by atoms with Gasteiger partial charge in [0.15, 0.2) is 0 Å². The zero-order chi connectivity index (χ0) is 11.4. The fourth-order valence-electron chi connectivity index (χ4n) is 1.53. The van der Waals surface area contributed by atoms with Gasteiger partial charge in [0, 0.05) is 28.6 Å². The molecule has 0 aliphatic carbocycles. The molecule has 0 saturated carbocycles. The summed E-state index contributed by atoms with van der Waals surface area (Å²) < 4.78 is 1.12. The molecular formula is C12H13NO2S. The van der Waals surface area contributed by atoms with Gasteiger partial charge in [0.25, 0.3) is 5.91 Å². The van der Waals surface area contributed by atoms with Crippen LogP contribution in [0.4, 0.5) is 0 Å². The number of rotatable bonds is 4. The summed E-state index contributed by atoms with van der Waals surface area (Å²) in [6.45, 7) is 0.615. The van der Waals surface area contributed by atoms with Crippen LogP contribution in [-0.4, -0.2) is 24.2 Å². The molecule has 0 atom stereocenters. The molecule has 0 unspecified atom stereocenters. The van der Waals surface area contributed by atoms with Crippen molar-refractivity contribution in [1.82, 2.24) is 5.32 Å². The standard InChI is InChI=1S/C12H13NO2S/c14-7-3-6-13-12(15)10-8-16-11-5-2-1-4-9(10)11/h1-2,4-5,8,14H,3,6-7H2,(H,13,15). The Balaban J connectivity index is 2.17. The van der Waals surface area contributed by atoms with Gasteiger partial charge in [-0.1, -0.05) is 18.2 Å². The Bertz CT molecular complexity index is 492. The first-order valence-corrected chi connectivity index (χ1v) is 6.06. The molecule has 1 heterocycles. The Morgan fingerprint density at radius 1 is 1.38 bits per heavy atom. The van der Waals surface area contributed by atoms with Crippen LogP contribution in [0.3, 0.4) is 0 Å². The second kappa shape index (κ2) is 5.09. The quantitative estimate of drug-likeness (QED) is 0.796. The van der Waals surface area contributed by atoms with E-state index in [0.29, 0.717) is 13.0 Å². The highest BCUT2D eigenvalue weighted by Gasteiger charge is 2.10. The molecule has 2 N–H and O–H groups in total. The fraction of sp³-hybridized carbons (Fsp3) is 0.250. The van der Waals surface area contributed by atoms with Crippen LogP contribution in [0.1, 0.15) is 16.8 Å². The van der Waals surface area contributed by atoms with Crippen molar-refractivity contribution in [3.8, 4) is 0 Å². The number of amides is 1. The van der Waals surface area contributed by atoms with E-state index in [1.807, 2.05) is 29.6 Å². The van der Waals surface area contributed by atoms with Gasteiger partial charge in [0.05, 0.1) is 5.56 Å².